The molecule has 0 bridgehead atoms. The molecule has 2 aromatic rings. The van der Waals surface area contributed by atoms with E-state index in [0.717, 1.165) is 6.07 Å². The number of hydrogen-bond acceptors (Lipinski definition) is 5. The average molecular weight is 397 g/mol. The Morgan fingerprint density at radius 1 is 1.19 bits per heavy atom. The van der Waals surface area contributed by atoms with E-state index in [1.54, 1.807) is 25.1 Å². The zero-order chi connectivity index (χ0) is 19.4. The number of rotatable bonds is 5. The lowest BCUT2D eigenvalue weighted by atomic mass is 10.2. The minimum absolute atomic E-state index is 0.0836. The highest BCUT2D eigenvalue weighted by Gasteiger charge is 2.22. The molecule has 0 aliphatic heterocycles. The molecule has 0 heterocycles. The van der Waals surface area contributed by atoms with Crippen LogP contribution in [0.1, 0.15) is 22.8 Å². The van der Waals surface area contributed by atoms with Gasteiger partial charge in [-0.25, -0.2) is 4.79 Å². The minimum Gasteiger partial charge on any atom is -0.449 e. The van der Waals surface area contributed by atoms with Gasteiger partial charge in [0.25, 0.3) is 11.6 Å². The first-order chi connectivity index (χ1) is 12.2. The fraction of sp³-hybridized carbons (Fsp3) is 0.176. The standard InChI is InChI=1S/C17H14Cl2N2O5/c1-9-12(18)4-3-5-14(9)20-16(22)10(2)26-17(23)11-6-7-13(19)15(8-11)21(24)25/h3-8,10H,1-2H3,(H,20,22)/t10-/m1/s1. The van der Waals surface area contributed by atoms with Gasteiger partial charge in [0, 0.05) is 16.8 Å². The zero-order valence-corrected chi connectivity index (χ0v) is 15.3. The lowest BCUT2D eigenvalue weighted by molar-refractivity contribution is -0.384. The van der Waals surface area contributed by atoms with Gasteiger partial charge in [0.15, 0.2) is 6.10 Å². The van der Waals surface area contributed by atoms with Gasteiger partial charge in [0.2, 0.25) is 0 Å². The number of benzene rings is 2. The second-order valence-corrected chi connectivity index (χ2v) is 6.19. The van der Waals surface area contributed by atoms with Crippen molar-refractivity contribution in [3.05, 3.63) is 67.7 Å². The molecule has 0 saturated carbocycles. The Balaban J connectivity index is 2.09. The largest absolute Gasteiger partial charge is 0.449 e. The maximum absolute atomic E-state index is 12.2. The average Bonchev–Trinajstić information content (AvgIpc) is 2.58. The van der Waals surface area contributed by atoms with Crippen LogP contribution in [0.15, 0.2) is 36.4 Å². The van der Waals surface area contributed by atoms with Gasteiger partial charge in [0.05, 0.1) is 10.5 Å². The van der Waals surface area contributed by atoms with E-state index in [0.29, 0.717) is 16.3 Å². The van der Waals surface area contributed by atoms with Crippen molar-refractivity contribution in [2.75, 3.05) is 5.32 Å². The summed E-state index contributed by atoms with van der Waals surface area (Å²) in [5.41, 5.74) is 0.661. The van der Waals surface area contributed by atoms with Crippen LogP contribution in [0.5, 0.6) is 0 Å². The number of nitro groups is 1. The van der Waals surface area contributed by atoms with E-state index in [1.807, 2.05) is 0 Å². The summed E-state index contributed by atoms with van der Waals surface area (Å²) in [6.07, 6.45) is -1.13. The number of ether oxygens (including phenoxy) is 1. The van der Waals surface area contributed by atoms with Crippen molar-refractivity contribution in [3.63, 3.8) is 0 Å². The molecule has 9 heteroatoms. The van der Waals surface area contributed by atoms with Gasteiger partial charge in [-0.05, 0) is 43.7 Å². The zero-order valence-electron chi connectivity index (χ0n) is 13.8. The molecule has 0 fully saturated rings. The van der Waals surface area contributed by atoms with Crippen molar-refractivity contribution in [1.29, 1.82) is 0 Å². The van der Waals surface area contributed by atoms with Crippen LogP contribution in [0.25, 0.3) is 0 Å². The number of carbonyl (C=O) groups is 2. The Bertz CT molecular complexity index is 885. The predicted molar refractivity (Wildman–Crippen MR) is 97.8 cm³/mol. The summed E-state index contributed by atoms with van der Waals surface area (Å²) in [5.74, 6) is -1.44. The fourth-order valence-corrected chi connectivity index (χ4v) is 2.40. The lowest BCUT2D eigenvalue weighted by Crippen LogP contribution is -2.30. The van der Waals surface area contributed by atoms with Gasteiger partial charge in [0.1, 0.15) is 5.02 Å². The van der Waals surface area contributed by atoms with Crippen LogP contribution in [0.3, 0.4) is 0 Å². The van der Waals surface area contributed by atoms with Crippen molar-refractivity contribution < 1.29 is 19.2 Å². The molecule has 2 rings (SSSR count). The van der Waals surface area contributed by atoms with Gasteiger partial charge in [-0.1, -0.05) is 29.3 Å². The van der Waals surface area contributed by atoms with Crippen molar-refractivity contribution in [2.45, 2.75) is 20.0 Å². The molecule has 2 aromatic carbocycles. The van der Waals surface area contributed by atoms with Crippen LogP contribution in [0, 0.1) is 17.0 Å². The van der Waals surface area contributed by atoms with Crippen LogP contribution in [0.4, 0.5) is 11.4 Å². The van der Waals surface area contributed by atoms with Gasteiger partial charge in [-0.2, -0.15) is 0 Å². The molecule has 0 aliphatic carbocycles. The monoisotopic (exact) mass is 396 g/mol. The van der Waals surface area contributed by atoms with Crippen molar-refractivity contribution in [3.8, 4) is 0 Å². The molecule has 7 nitrogen and oxygen atoms in total. The van der Waals surface area contributed by atoms with Crippen LogP contribution in [-0.2, 0) is 9.53 Å². The van der Waals surface area contributed by atoms with E-state index >= 15 is 0 Å². The number of carbonyl (C=O) groups excluding carboxylic acids is 2. The van der Waals surface area contributed by atoms with Crippen molar-refractivity contribution in [2.24, 2.45) is 0 Å². The van der Waals surface area contributed by atoms with Gasteiger partial charge >= 0.3 is 5.97 Å². The summed E-state index contributed by atoms with van der Waals surface area (Å²) in [6.45, 7) is 3.12. The molecule has 26 heavy (non-hydrogen) atoms. The molecule has 0 saturated heterocycles. The molecular weight excluding hydrogens is 383 g/mol. The van der Waals surface area contributed by atoms with E-state index in [-0.39, 0.29) is 10.6 Å². The second kappa shape index (κ2) is 8.16. The third-order valence-electron chi connectivity index (χ3n) is 3.56. The number of nitro benzene ring substituents is 1. The topological polar surface area (TPSA) is 98.5 Å². The van der Waals surface area contributed by atoms with E-state index in [1.165, 1.54) is 19.1 Å². The fourth-order valence-electron chi connectivity index (χ4n) is 2.04. The quantitative estimate of drug-likeness (QED) is 0.458. The summed E-state index contributed by atoms with van der Waals surface area (Å²) >= 11 is 11.7. The Hall–Kier alpha value is -2.64. The maximum atomic E-state index is 12.2. The molecule has 0 radical (unpaired) electrons. The first-order valence-corrected chi connectivity index (χ1v) is 8.17. The molecular formula is C17H14Cl2N2O5. The third kappa shape index (κ3) is 4.50. The highest BCUT2D eigenvalue weighted by Crippen LogP contribution is 2.26. The van der Waals surface area contributed by atoms with Gasteiger partial charge in [-0.3, -0.25) is 14.9 Å². The van der Waals surface area contributed by atoms with Crippen molar-refractivity contribution in [1.82, 2.24) is 0 Å². The molecule has 1 N–H and O–H groups in total. The maximum Gasteiger partial charge on any atom is 0.339 e. The number of anilines is 1. The van der Waals surface area contributed by atoms with E-state index < -0.39 is 28.6 Å². The summed E-state index contributed by atoms with van der Waals surface area (Å²) in [7, 11) is 0. The number of nitrogens with one attached hydrogen (secondary N) is 1. The minimum atomic E-state index is -1.13. The number of nitrogens with zero attached hydrogens (tertiary/aromatic N) is 1. The summed E-state index contributed by atoms with van der Waals surface area (Å²) in [6, 6.07) is 8.52. The first kappa shape index (κ1) is 19.7. The van der Waals surface area contributed by atoms with Gasteiger partial charge in [-0.15, -0.1) is 0 Å². The van der Waals surface area contributed by atoms with E-state index in [4.69, 9.17) is 27.9 Å². The van der Waals surface area contributed by atoms with Crippen molar-refractivity contribution >= 4 is 46.5 Å². The Labute approximate surface area is 159 Å². The smallest absolute Gasteiger partial charge is 0.339 e. The van der Waals surface area contributed by atoms with Crippen LogP contribution < -0.4 is 5.32 Å². The molecule has 136 valence electrons. The summed E-state index contributed by atoms with van der Waals surface area (Å²) < 4.78 is 5.07. The SMILES string of the molecule is Cc1c(Cl)cccc1NC(=O)[C@@H](C)OC(=O)c1ccc(Cl)c([N+](=O)[O-])c1. The third-order valence-corrected chi connectivity index (χ3v) is 4.29. The normalized spacial score (nSPS) is 11.5. The summed E-state index contributed by atoms with van der Waals surface area (Å²) in [5, 5.41) is 13.9. The molecule has 0 unspecified atom stereocenters. The molecule has 0 aromatic heterocycles. The number of amides is 1. The first-order valence-electron chi connectivity index (χ1n) is 7.41. The molecule has 1 atom stereocenters. The van der Waals surface area contributed by atoms with E-state index in [9.17, 15) is 19.7 Å². The molecule has 0 spiro atoms. The Morgan fingerprint density at radius 3 is 2.54 bits per heavy atom. The van der Waals surface area contributed by atoms with E-state index in [2.05, 4.69) is 5.32 Å². The number of hydrogen-bond donors (Lipinski definition) is 1. The highest BCUT2D eigenvalue weighted by atomic mass is 35.5. The van der Waals surface area contributed by atoms with Crippen LogP contribution >= 0.6 is 23.2 Å². The van der Waals surface area contributed by atoms with Crippen LogP contribution in [-0.4, -0.2) is 22.9 Å². The highest BCUT2D eigenvalue weighted by molar-refractivity contribution is 6.32. The summed E-state index contributed by atoms with van der Waals surface area (Å²) in [4.78, 5) is 34.5. The predicted octanol–water partition coefficient (Wildman–Crippen LogP) is 4.39. The lowest BCUT2D eigenvalue weighted by Gasteiger charge is -2.15. The number of halogens is 2. The second-order valence-electron chi connectivity index (χ2n) is 5.37. The number of esters is 1. The Kier molecular flexibility index (Phi) is 6.18. The molecule has 0 aliphatic rings. The van der Waals surface area contributed by atoms with Gasteiger partial charge < -0.3 is 10.1 Å². The molecule has 1 amide bonds. The van der Waals surface area contributed by atoms with Crippen LogP contribution in [0.2, 0.25) is 10.0 Å². The Morgan fingerprint density at radius 2 is 1.88 bits per heavy atom.